The second-order valence-electron chi connectivity index (χ2n) is 7.31. The predicted molar refractivity (Wildman–Crippen MR) is 117 cm³/mol. The number of nitrogens with zero attached hydrogens (tertiary/aromatic N) is 2. The van der Waals surface area contributed by atoms with Gasteiger partial charge in [0.2, 0.25) is 0 Å². The average molecular weight is 454 g/mol. The summed E-state index contributed by atoms with van der Waals surface area (Å²) >= 11 is 0. The summed E-state index contributed by atoms with van der Waals surface area (Å²) in [5.41, 5.74) is 2.54. The molecule has 0 atom stereocenters. The Bertz CT molecular complexity index is 1090. The number of hydrogen-bond acceptors (Lipinski definition) is 8. The van der Waals surface area contributed by atoms with E-state index in [2.05, 4.69) is 5.10 Å². The van der Waals surface area contributed by atoms with Gasteiger partial charge in [0.25, 0.3) is 0 Å². The number of aromatic nitrogens is 2. The lowest BCUT2D eigenvalue weighted by Crippen LogP contribution is -2.09. The van der Waals surface area contributed by atoms with Crippen LogP contribution in [0.4, 0.5) is 0 Å². The Morgan fingerprint density at radius 1 is 1.03 bits per heavy atom. The van der Waals surface area contributed by atoms with Crippen molar-refractivity contribution in [2.75, 3.05) is 27.4 Å². The molecule has 0 bridgehead atoms. The summed E-state index contributed by atoms with van der Waals surface area (Å²) in [6, 6.07) is 15.0. The van der Waals surface area contributed by atoms with Crippen molar-refractivity contribution in [3.05, 3.63) is 71.0 Å². The van der Waals surface area contributed by atoms with Gasteiger partial charge in [0.05, 0.1) is 33.0 Å². The SMILES string of the molecule is COC(=O)c1cc(COc2cc(OC)cc(OCc3ccccc3)c2C2OCCO2)nn1C. The van der Waals surface area contributed by atoms with E-state index in [0.717, 1.165) is 5.56 Å². The zero-order valence-electron chi connectivity index (χ0n) is 18.8. The summed E-state index contributed by atoms with van der Waals surface area (Å²) in [6.45, 7) is 1.40. The Kier molecular flexibility index (Phi) is 7.11. The molecule has 1 fully saturated rings. The zero-order chi connectivity index (χ0) is 23.2. The summed E-state index contributed by atoms with van der Waals surface area (Å²) in [7, 11) is 4.57. The topological polar surface area (TPSA) is 90.3 Å². The Balaban J connectivity index is 1.62. The van der Waals surface area contributed by atoms with Gasteiger partial charge >= 0.3 is 5.97 Å². The third-order valence-electron chi connectivity index (χ3n) is 5.11. The zero-order valence-corrected chi connectivity index (χ0v) is 18.8. The minimum absolute atomic E-state index is 0.107. The number of esters is 1. The highest BCUT2D eigenvalue weighted by Gasteiger charge is 2.28. The highest BCUT2D eigenvalue weighted by atomic mass is 16.7. The van der Waals surface area contributed by atoms with E-state index in [4.69, 9.17) is 28.4 Å². The van der Waals surface area contributed by atoms with Gasteiger partial charge in [-0.1, -0.05) is 30.3 Å². The van der Waals surface area contributed by atoms with Crippen LogP contribution in [0, 0.1) is 0 Å². The maximum absolute atomic E-state index is 11.9. The van der Waals surface area contributed by atoms with Crippen molar-refractivity contribution in [1.29, 1.82) is 0 Å². The van der Waals surface area contributed by atoms with Crippen molar-refractivity contribution in [3.63, 3.8) is 0 Å². The first-order valence-corrected chi connectivity index (χ1v) is 10.4. The molecule has 0 saturated carbocycles. The molecule has 2 aromatic carbocycles. The summed E-state index contributed by atoms with van der Waals surface area (Å²) in [4.78, 5) is 11.9. The van der Waals surface area contributed by atoms with Crippen LogP contribution in [0.3, 0.4) is 0 Å². The summed E-state index contributed by atoms with van der Waals surface area (Å²) in [5.74, 6) is 1.11. The molecule has 3 aromatic rings. The second-order valence-corrected chi connectivity index (χ2v) is 7.31. The number of carbonyl (C=O) groups excluding carboxylic acids is 1. The van der Waals surface area contributed by atoms with Gasteiger partial charge in [0, 0.05) is 19.2 Å². The fraction of sp³-hybridized carbons (Fsp3) is 0.333. The molecule has 1 aliphatic heterocycles. The Labute approximate surface area is 191 Å². The van der Waals surface area contributed by atoms with Gasteiger partial charge in [0.15, 0.2) is 6.29 Å². The third kappa shape index (κ3) is 5.27. The molecule has 4 rings (SSSR count). The van der Waals surface area contributed by atoms with Crippen LogP contribution in [-0.4, -0.2) is 43.2 Å². The molecule has 1 saturated heterocycles. The molecule has 0 unspecified atom stereocenters. The minimum Gasteiger partial charge on any atom is -0.496 e. The predicted octanol–water partition coefficient (Wildman–Crippen LogP) is 3.42. The third-order valence-corrected chi connectivity index (χ3v) is 5.11. The highest BCUT2D eigenvalue weighted by Crippen LogP contribution is 2.42. The maximum atomic E-state index is 11.9. The molecule has 9 nitrogen and oxygen atoms in total. The molecular formula is C24H26N2O7. The Hall–Kier alpha value is -3.56. The first-order chi connectivity index (χ1) is 16.1. The molecule has 1 aliphatic rings. The van der Waals surface area contributed by atoms with Gasteiger partial charge in [-0.05, 0) is 11.6 Å². The van der Waals surface area contributed by atoms with Crippen molar-refractivity contribution in [3.8, 4) is 17.2 Å². The van der Waals surface area contributed by atoms with Crippen molar-refractivity contribution < 1.29 is 33.2 Å². The first-order valence-electron chi connectivity index (χ1n) is 10.4. The van der Waals surface area contributed by atoms with Crippen LogP contribution in [0.15, 0.2) is 48.5 Å². The van der Waals surface area contributed by atoms with E-state index < -0.39 is 12.3 Å². The molecule has 9 heteroatoms. The number of aryl methyl sites for hydroxylation is 1. The van der Waals surface area contributed by atoms with Crippen molar-refractivity contribution in [2.45, 2.75) is 19.5 Å². The average Bonchev–Trinajstić information content (AvgIpc) is 3.51. The lowest BCUT2D eigenvalue weighted by Gasteiger charge is -2.20. The smallest absolute Gasteiger partial charge is 0.356 e. The van der Waals surface area contributed by atoms with Gasteiger partial charge in [-0.2, -0.15) is 5.10 Å². The molecule has 0 N–H and O–H groups in total. The van der Waals surface area contributed by atoms with E-state index in [1.807, 2.05) is 30.3 Å². The molecule has 0 amide bonds. The highest BCUT2D eigenvalue weighted by molar-refractivity contribution is 5.87. The van der Waals surface area contributed by atoms with Crippen molar-refractivity contribution >= 4 is 5.97 Å². The van der Waals surface area contributed by atoms with Crippen LogP contribution in [-0.2, 0) is 34.5 Å². The second kappa shape index (κ2) is 10.4. The largest absolute Gasteiger partial charge is 0.496 e. The molecule has 174 valence electrons. The van der Waals surface area contributed by atoms with Crippen molar-refractivity contribution in [1.82, 2.24) is 9.78 Å². The van der Waals surface area contributed by atoms with Crippen LogP contribution in [0.5, 0.6) is 17.2 Å². The fourth-order valence-electron chi connectivity index (χ4n) is 3.47. The number of ether oxygens (including phenoxy) is 6. The Morgan fingerprint density at radius 2 is 1.70 bits per heavy atom. The van der Waals surface area contributed by atoms with Gasteiger partial charge in [-0.25, -0.2) is 4.79 Å². The quantitative estimate of drug-likeness (QED) is 0.455. The standard InChI is InChI=1S/C24H26N2O7/c1-26-19(23(27)29-3)11-17(25-26)15-33-21-13-18(28-2)12-20(22(21)24-30-9-10-31-24)32-14-16-7-5-4-6-8-16/h4-8,11-13,24H,9-10,14-15H2,1-3H3. The number of rotatable bonds is 9. The van der Waals surface area contributed by atoms with Gasteiger partial charge < -0.3 is 28.4 Å². The molecule has 1 aromatic heterocycles. The molecule has 2 heterocycles. The maximum Gasteiger partial charge on any atom is 0.356 e. The van der Waals surface area contributed by atoms with E-state index >= 15 is 0 Å². The lowest BCUT2D eigenvalue weighted by molar-refractivity contribution is -0.0477. The van der Waals surface area contributed by atoms with E-state index in [1.165, 1.54) is 11.8 Å². The Morgan fingerprint density at radius 3 is 2.33 bits per heavy atom. The van der Waals surface area contributed by atoms with Gasteiger partial charge in [0.1, 0.15) is 41.9 Å². The number of carbonyl (C=O) groups is 1. The first kappa shape index (κ1) is 22.6. The molecule has 33 heavy (non-hydrogen) atoms. The molecule has 0 aliphatic carbocycles. The number of benzene rings is 2. The van der Waals surface area contributed by atoms with E-state index in [0.29, 0.717) is 54.0 Å². The fourth-order valence-corrected chi connectivity index (χ4v) is 3.47. The summed E-state index contributed by atoms with van der Waals surface area (Å²) in [6.07, 6.45) is -0.633. The van der Waals surface area contributed by atoms with Gasteiger partial charge in [-0.3, -0.25) is 4.68 Å². The van der Waals surface area contributed by atoms with Crippen LogP contribution >= 0.6 is 0 Å². The van der Waals surface area contributed by atoms with Crippen molar-refractivity contribution in [2.24, 2.45) is 7.05 Å². The summed E-state index contributed by atoms with van der Waals surface area (Å²) in [5, 5.41) is 4.33. The molecular weight excluding hydrogens is 428 g/mol. The molecule has 0 radical (unpaired) electrons. The number of methoxy groups -OCH3 is 2. The van der Waals surface area contributed by atoms with E-state index in [9.17, 15) is 4.79 Å². The number of hydrogen-bond donors (Lipinski definition) is 0. The van der Waals surface area contributed by atoms with Crippen LogP contribution in [0.1, 0.15) is 33.6 Å². The minimum atomic E-state index is -0.633. The van der Waals surface area contributed by atoms with Gasteiger partial charge in [-0.15, -0.1) is 0 Å². The van der Waals surface area contributed by atoms with Crippen LogP contribution in [0.2, 0.25) is 0 Å². The van der Waals surface area contributed by atoms with Crippen LogP contribution < -0.4 is 14.2 Å². The lowest BCUT2D eigenvalue weighted by atomic mass is 10.1. The normalized spacial score (nSPS) is 13.7. The van der Waals surface area contributed by atoms with Crippen LogP contribution in [0.25, 0.3) is 0 Å². The summed E-state index contributed by atoms with van der Waals surface area (Å²) < 4.78 is 35.5. The molecule has 0 spiro atoms. The monoisotopic (exact) mass is 454 g/mol. The van der Waals surface area contributed by atoms with E-state index in [1.54, 1.807) is 32.4 Å². The van der Waals surface area contributed by atoms with E-state index in [-0.39, 0.29) is 6.61 Å².